The molecule has 6 aromatic rings. The number of nitrogens with zero attached hydrogens (tertiary/aromatic N) is 2. The number of para-hydroxylation sites is 4. The van der Waals surface area contributed by atoms with Crippen LogP contribution in [-0.4, -0.2) is 58.0 Å². The highest BCUT2D eigenvalue weighted by molar-refractivity contribution is 6.09. The Morgan fingerprint density at radius 3 is 1.50 bits per heavy atom. The molecule has 0 aliphatic carbocycles. The van der Waals surface area contributed by atoms with Gasteiger partial charge >= 0.3 is 0 Å². The van der Waals surface area contributed by atoms with E-state index in [0.29, 0.717) is 12.6 Å². The largest absolute Gasteiger partial charge is 0.388 e. The van der Waals surface area contributed by atoms with Crippen LogP contribution in [0.2, 0.25) is 0 Å². The van der Waals surface area contributed by atoms with E-state index >= 15 is 0 Å². The van der Waals surface area contributed by atoms with Crippen molar-refractivity contribution in [1.82, 2.24) is 9.13 Å². The molecule has 0 radical (unpaired) electrons. The first-order chi connectivity index (χ1) is 19.7. The minimum atomic E-state index is -0.844. The van der Waals surface area contributed by atoms with Crippen LogP contribution in [0.5, 0.6) is 0 Å². The van der Waals surface area contributed by atoms with Crippen molar-refractivity contribution >= 4 is 43.6 Å². The minimum absolute atomic E-state index is 0.189. The maximum atomic E-state index is 10.4. The molecule has 2 aliphatic heterocycles. The van der Waals surface area contributed by atoms with Gasteiger partial charge in [-0.05, 0) is 24.3 Å². The molecule has 6 nitrogen and oxygen atoms in total. The molecule has 1 fully saturated rings. The molecule has 8 rings (SSSR count). The van der Waals surface area contributed by atoms with Crippen molar-refractivity contribution < 1.29 is 19.7 Å². The number of benzene rings is 4. The van der Waals surface area contributed by atoms with Crippen LogP contribution < -0.4 is 0 Å². The molecule has 40 heavy (non-hydrogen) atoms. The standard InChI is InChI=1S/C17H17NO3.C17H15NO/c19-16-10-21-9-15(17(16)20)18-13-7-3-1-5-11(13)12-6-2-4-8-14(12)18;1-3-9-16-14(7-1)15-8-2-4-10-17(15)18(16)13-6-5-11-19-12-13/h1-8,15-17,19-20H,9-10H2;1-10,13H,11-12H2/t15?,16-,17+;/m0./s1. The Bertz CT molecular complexity index is 1730. The summed E-state index contributed by atoms with van der Waals surface area (Å²) in [5.41, 5.74) is 4.67. The lowest BCUT2D eigenvalue weighted by molar-refractivity contribution is -0.113. The van der Waals surface area contributed by atoms with Crippen molar-refractivity contribution in [2.24, 2.45) is 0 Å². The van der Waals surface area contributed by atoms with E-state index in [1.807, 2.05) is 36.4 Å². The second-order valence-electron chi connectivity index (χ2n) is 10.5. The molecule has 0 amide bonds. The number of aliphatic hydroxyl groups is 2. The van der Waals surface area contributed by atoms with Crippen molar-refractivity contribution in [2.45, 2.75) is 24.3 Å². The van der Waals surface area contributed by atoms with Crippen LogP contribution in [0.3, 0.4) is 0 Å². The summed E-state index contributed by atoms with van der Waals surface area (Å²) in [6.45, 7) is 2.07. The van der Waals surface area contributed by atoms with Crippen molar-refractivity contribution in [1.29, 1.82) is 0 Å². The van der Waals surface area contributed by atoms with Gasteiger partial charge in [0.25, 0.3) is 0 Å². The van der Waals surface area contributed by atoms with Gasteiger partial charge in [-0.1, -0.05) is 84.9 Å². The molecule has 4 aromatic carbocycles. The third-order valence-corrected chi connectivity index (χ3v) is 8.12. The molecule has 6 heteroatoms. The monoisotopic (exact) mass is 532 g/mol. The van der Waals surface area contributed by atoms with E-state index < -0.39 is 12.2 Å². The van der Waals surface area contributed by atoms with E-state index in [4.69, 9.17) is 9.47 Å². The van der Waals surface area contributed by atoms with Crippen molar-refractivity contribution in [3.63, 3.8) is 0 Å². The fourth-order valence-electron chi connectivity index (χ4n) is 6.30. The first kappa shape index (κ1) is 25.1. The highest BCUT2D eigenvalue weighted by Crippen LogP contribution is 2.35. The highest BCUT2D eigenvalue weighted by Gasteiger charge is 2.34. The Balaban J connectivity index is 0.000000133. The molecule has 202 valence electrons. The molecule has 0 saturated carbocycles. The van der Waals surface area contributed by atoms with Crippen LogP contribution >= 0.6 is 0 Å². The Kier molecular flexibility index (Phi) is 6.61. The quantitative estimate of drug-likeness (QED) is 0.268. The summed E-state index contributed by atoms with van der Waals surface area (Å²) in [5.74, 6) is 0. The van der Waals surface area contributed by atoms with Crippen LogP contribution in [0, 0.1) is 0 Å². The van der Waals surface area contributed by atoms with Gasteiger partial charge in [-0.2, -0.15) is 0 Å². The predicted molar refractivity (Wildman–Crippen MR) is 160 cm³/mol. The molecule has 2 aromatic heterocycles. The van der Waals surface area contributed by atoms with Crippen LogP contribution in [0.25, 0.3) is 43.6 Å². The fourth-order valence-corrected chi connectivity index (χ4v) is 6.30. The Morgan fingerprint density at radius 2 is 1.02 bits per heavy atom. The molecular formula is C34H32N2O4. The summed E-state index contributed by atoms with van der Waals surface area (Å²) in [6.07, 6.45) is 2.70. The SMILES string of the molecule is C1=CC(n2c3ccccc3c3ccccc32)COC1.O[C@@H]1C(n2c3ccccc3c3ccccc32)COC[C@@H]1O. The summed E-state index contributed by atoms with van der Waals surface area (Å²) in [5, 5.41) is 25.2. The van der Waals surface area contributed by atoms with Crippen LogP contribution in [0.1, 0.15) is 12.1 Å². The Hall–Kier alpha value is -3.94. The normalized spacial score (nSPS) is 23.1. The number of hydrogen-bond donors (Lipinski definition) is 2. The maximum absolute atomic E-state index is 10.4. The number of aliphatic hydroxyl groups excluding tert-OH is 2. The Labute approximate surface area is 232 Å². The van der Waals surface area contributed by atoms with Crippen molar-refractivity contribution in [3.8, 4) is 0 Å². The number of hydrogen-bond acceptors (Lipinski definition) is 4. The van der Waals surface area contributed by atoms with Crippen molar-refractivity contribution in [2.75, 3.05) is 26.4 Å². The molecule has 0 spiro atoms. The molecule has 2 unspecified atom stereocenters. The van der Waals surface area contributed by atoms with Crippen molar-refractivity contribution in [3.05, 3.63) is 109 Å². The lowest BCUT2D eigenvalue weighted by atomic mass is 10.0. The van der Waals surface area contributed by atoms with Gasteiger partial charge in [-0.3, -0.25) is 0 Å². The smallest absolute Gasteiger partial charge is 0.105 e. The van der Waals surface area contributed by atoms with Gasteiger partial charge in [0.1, 0.15) is 12.2 Å². The van der Waals surface area contributed by atoms with Gasteiger partial charge in [-0.25, -0.2) is 0 Å². The van der Waals surface area contributed by atoms with E-state index in [9.17, 15) is 10.2 Å². The van der Waals surface area contributed by atoms with E-state index in [0.717, 1.165) is 35.0 Å². The zero-order valence-electron chi connectivity index (χ0n) is 22.1. The second kappa shape index (κ2) is 10.6. The summed E-state index contributed by atoms with van der Waals surface area (Å²) in [6, 6.07) is 33.5. The lowest BCUT2D eigenvalue weighted by Gasteiger charge is -2.33. The summed E-state index contributed by atoms with van der Waals surface area (Å²) < 4.78 is 15.5. The third kappa shape index (κ3) is 4.21. The topological polar surface area (TPSA) is 68.8 Å². The number of aromatic nitrogens is 2. The Morgan fingerprint density at radius 1 is 0.550 bits per heavy atom. The summed E-state index contributed by atoms with van der Waals surface area (Å²) in [4.78, 5) is 0. The zero-order chi connectivity index (χ0) is 27.1. The van der Waals surface area contributed by atoms with Gasteiger partial charge in [0.2, 0.25) is 0 Å². The lowest BCUT2D eigenvalue weighted by Crippen LogP contribution is -2.44. The van der Waals surface area contributed by atoms with E-state index in [1.54, 1.807) is 0 Å². The number of rotatable bonds is 2. The van der Waals surface area contributed by atoms with Gasteiger partial charge in [0.05, 0.1) is 38.5 Å². The molecule has 4 heterocycles. The van der Waals surface area contributed by atoms with E-state index in [1.165, 1.54) is 21.8 Å². The van der Waals surface area contributed by atoms with Crippen LogP contribution in [0.4, 0.5) is 0 Å². The number of ether oxygens (including phenoxy) is 2. The van der Waals surface area contributed by atoms with E-state index in [-0.39, 0.29) is 12.6 Å². The van der Waals surface area contributed by atoms with E-state index in [2.05, 4.69) is 81.9 Å². The average molecular weight is 533 g/mol. The molecular weight excluding hydrogens is 500 g/mol. The molecule has 2 aliphatic rings. The highest BCUT2D eigenvalue weighted by atomic mass is 16.5. The van der Waals surface area contributed by atoms with Gasteiger partial charge < -0.3 is 28.8 Å². The molecule has 4 atom stereocenters. The second-order valence-corrected chi connectivity index (χ2v) is 10.5. The first-order valence-electron chi connectivity index (χ1n) is 13.9. The summed E-state index contributed by atoms with van der Waals surface area (Å²) in [7, 11) is 0. The third-order valence-electron chi connectivity index (χ3n) is 8.12. The minimum Gasteiger partial charge on any atom is -0.388 e. The molecule has 2 N–H and O–H groups in total. The average Bonchev–Trinajstić information content (AvgIpc) is 3.53. The fraction of sp³-hybridized carbons (Fsp3) is 0.235. The van der Waals surface area contributed by atoms with Gasteiger partial charge in [0.15, 0.2) is 0 Å². The van der Waals surface area contributed by atoms with Crippen LogP contribution in [-0.2, 0) is 9.47 Å². The molecule has 1 saturated heterocycles. The zero-order valence-corrected chi connectivity index (χ0v) is 22.1. The van der Waals surface area contributed by atoms with Gasteiger partial charge in [0, 0.05) is 43.6 Å². The predicted octanol–water partition coefficient (Wildman–Crippen LogP) is 6.01. The van der Waals surface area contributed by atoms with Gasteiger partial charge in [-0.15, -0.1) is 0 Å². The molecule has 0 bridgehead atoms. The number of fused-ring (bicyclic) bond motifs is 6. The maximum Gasteiger partial charge on any atom is 0.105 e. The first-order valence-corrected chi connectivity index (χ1v) is 13.9. The summed E-state index contributed by atoms with van der Waals surface area (Å²) >= 11 is 0. The van der Waals surface area contributed by atoms with Crippen LogP contribution in [0.15, 0.2) is 109 Å².